The number of aryl methyl sites for hydroxylation is 2. The fourth-order valence-corrected chi connectivity index (χ4v) is 1.92. The third-order valence-corrected chi connectivity index (χ3v) is 2.66. The van der Waals surface area contributed by atoms with E-state index in [9.17, 15) is 4.79 Å². The molecule has 0 aliphatic rings. The van der Waals surface area contributed by atoms with E-state index in [4.69, 9.17) is 0 Å². The lowest BCUT2D eigenvalue weighted by molar-refractivity contribution is -0.122. The van der Waals surface area contributed by atoms with Gasteiger partial charge in [-0.2, -0.15) is 0 Å². The van der Waals surface area contributed by atoms with Gasteiger partial charge in [-0.3, -0.25) is 4.79 Å². The number of aromatic amines is 1. The summed E-state index contributed by atoms with van der Waals surface area (Å²) in [5.74, 6) is 0.141. The molecule has 1 heterocycles. The molecule has 0 aromatic carbocycles. The minimum Gasteiger partial charge on any atom is -0.362 e. The summed E-state index contributed by atoms with van der Waals surface area (Å²) in [5, 5.41) is 2.97. The van der Waals surface area contributed by atoms with Gasteiger partial charge in [0, 0.05) is 24.4 Å². The van der Waals surface area contributed by atoms with Crippen molar-refractivity contribution >= 4 is 5.91 Å². The van der Waals surface area contributed by atoms with Gasteiger partial charge in [-0.1, -0.05) is 20.8 Å². The van der Waals surface area contributed by atoms with E-state index >= 15 is 0 Å². The summed E-state index contributed by atoms with van der Waals surface area (Å²) in [6.45, 7) is 11.1. The van der Waals surface area contributed by atoms with Crippen molar-refractivity contribution in [1.29, 1.82) is 0 Å². The van der Waals surface area contributed by atoms with Gasteiger partial charge in [0.2, 0.25) is 5.91 Å². The van der Waals surface area contributed by atoms with Crippen LogP contribution in [0.3, 0.4) is 0 Å². The van der Waals surface area contributed by atoms with Gasteiger partial charge in [0.25, 0.3) is 0 Å². The molecular weight excluding hydrogens is 212 g/mol. The Kier molecular flexibility index (Phi) is 4.38. The van der Waals surface area contributed by atoms with Crippen LogP contribution in [0.2, 0.25) is 0 Å². The first-order valence-corrected chi connectivity index (χ1v) is 6.20. The minimum atomic E-state index is 0.0602. The Morgan fingerprint density at radius 3 is 2.47 bits per heavy atom. The molecule has 1 rings (SSSR count). The Balaban J connectivity index is 2.33. The topological polar surface area (TPSA) is 44.9 Å². The highest BCUT2D eigenvalue weighted by Crippen LogP contribution is 2.17. The first kappa shape index (κ1) is 13.8. The van der Waals surface area contributed by atoms with Crippen molar-refractivity contribution in [2.24, 2.45) is 5.41 Å². The smallest absolute Gasteiger partial charge is 0.220 e. The van der Waals surface area contributed by atoms with Crippen molar-refractivity contribution in [2.45, 2.75) is 47.5 Å². The summed E-state index contributed by atoms with van der Waals surface area (Å²) in [5.41, 5.74) is 3.73. The zero-order valence-electron chi connectivity index (χ0n) is 11.6. The molecule has 0 aliphatic heterocycles. The average Bonchev–Trinajstić information content (AvgIpc) is 2.42. The maximum absolute atomic E-state index is 11.6. The molecule has 3 heteroatoms. The Morgan fingerprint density at radius 1 is 1.35 bits per heavy atom. The number of amides is 1. The quantitative estimate of drug-likeness (QED) is 0.829. The molecular formula is C14H24N2O. The van der Waals surface area contributed by atoms with Crippen molar-refractivity contribution < 1.29 is 4.79 Å². The van der Waals surface area contributed by atoms with E-state index in [0.29, 0.717) is 13.0 Å². The first-order valence-electron chi connectivity index (χ1n) is 6.20. The molecule has 0 spiro atoms. The molecule has 0 fully saturated rings. The van der Waals surface area contributed by atoms with Crippen LogP contribution >= 0.6 is 0 Å². The van der Waals surface area contributed by atoms with Crippen LogP contribution in [-0.4, -0.2) is 17.4 Å². The highest BCUT2D eigenvalue weighted by molar-refractivity contribution is 5.76. The maximum atomic E-state index is 11.6. The van der Waals surface area contributed by atoms with Gasteiger partial charge >= 0.3 is 0 Å². The third kappa shape index (κ3) is 5.07. The Morgan fingerprint density at radius 2 is 2.00 bits per heavy atom. The molecule has 17 heavy (non-hydrogen) atoms. The number of hydrogen-bond donors (Lipinski definition) is 2. The van der Waals surface area contributed by atoms with E-state index in [0.717, 1.165) is 6.42 Å². The molecule has 3 nitrogen and oxygen atoms in total. The first-order chi connectivity index (χ1) is 7.78. The Labute approximate surface area is 104 Å². The third-order valence-electron chi connectivity index (χ3n) is 2.66. The lowest BCUT2D eigenvalue weighted by Crippen LogP contribution is -2.29. The molecule has 1 aromatic rings. The lowest BCUT2D eigenvalue weighted by atomic mass is 9.92. The summed E-state index contributed by atoms with van der Waals surface area (Å²) >= 11 is 0. The van der Waals surface area contributed by atoms with E-state index in [1.807, 2.05) is 0 Å². The number of aromatic nitrogens is 1. The molecule has 0 aliphatic carbocycles. The van der Waals surface area contributed by atoms with Crippen LogP contribution in [0.4, 0.5) is 0 Å². The van der Waals surface area contributed by atoms with Gasteiger partial charge in [0.05, 0.1) is 0 Å². The van der Waals surface area contributed by atoms with E-state index in [2.05, 4.69) is 51.0 Å². The predicted octanol–water partition coefficient (Wildman–Crippen LogP) is 2.73. The number of rotatable bonds is 4. The average molecular weight is 236 g/mol. The van der Waals surface area contributed by atoms with Crippen LogP contribution in [0.5, 0.6) is 0 Å². The van der Waals surface area contributed by atoms with Gasteiger partial charge in [0.15, 0.2) is 0 Å². The van der Waals surface area contributed by atoms with E-state index in [1.165, 1.54) is 17.0 Å². The van der Waals surface area contributed by atoms with Gasteiger partial charge in [0.1, 0.15) is 0 Å². The van der Waals surface area contributed by atoms with Crippen LogP contribution in [-0.2, 0) is 11.2 Å². The minimum absolute atomic E-state index is 0.0602. The Bertz CT molecular complexity index is 385. The van der Waals surface area contributed by atoms with Gasteiger partial charge in [-0.25, -0.2) is 0 Å². The second-order valence-electron chi connectivity index (χ2n) is 5.94. The summed E-state index contributed by atoms with van der Waals surface area (Å²) < 4.78 is 0. The summed E-state index contributed by atoms with van der Waals surface area (Å²) in [6.07, 6.45) is 1.48. The van der Waals surface area contributed by atoms with Gasteiger partial charge in [-0.15, -0.1) is 0 Å². The fraction of sp³-hybridized carbons (Fsp3) is 0.643. The number of hydrogen-bond acceptors (Lipinski definition) is 1. The van der Waals surface area contributed by atoms with E-state index in [1.54, 1.807) is 0 Å². The second-order valence-corrected chi connectivity index (χ2v) is 5.94. The molecule has 0 unspecified atom stereocenters. The van der Waals surface area contributed by atoms with Crippen LogP contribution < -0.4 is 5.32 Å². The molecule has 2 N–H and O–H groups in total. The Hall–Kier alpha value is -1.25. The molecule has 0 bridgehead atoms. The highest BCUT2D eigenvalue weighted by Gasteiger charge is 2.15. The number of H-pyrrole nitrogens is 1. The zero-order valence-corrected chi connectivity index (χ0v) is 11.6. The van der Waals surface area contributed by atoms with E-state index in [-0.39, 0.29) is 11.3 Å². The van der Waals surface area contributed by atoms with Crippen molar-refractivity contribution in [3.63, 3.8) is 0 Å². The zero-order chi connectivity index (χ0) is 13.1. The number of nitrogens with one attached hydrogen (secondary N) is 2. The molecule has 0 atom stereocenters. The molecule has 0 saturated heterocycles. The van der Waals surface area contributed by atoms with Crippen molar-refractivity contribution in [1.82, 2.24) is 10.3 Å². The highest BCUT2D eigenvalue weighted by atomic mass is 16.1. The number of carbonyl (C=O) groups excluding carboxylic acids is 1. The largest absolute Gasteiger partial charge is 0.362 e. The fourth-order valence-electron chi connectivity index (χ4n) is 1.92. The molecule has 1 amide bonds. The second kappa shape index (κ2) is 5.39. The van der Waals surface area contributed by atoms with E-state index < -0.39 is 0 Å². The summed E-state index contributed by atoms with van der Waals surface area (Å²) in [6, 6.07) is 2.14. The molecule has 0 radical (unpaired) electrons. The summed E-state index contributed by atoms with van der Waals surface area (Å²) in [7, 11) is 0. The molecule has 96 valence electrons. The normalized spacial score (nSPS) is 11.6. The number of carbonyl (C=O) groups is 1. The van der Waals surface area contributed by atoms with Crippen LogP contribution in [0.25, 0.3) is 0 Å². The lowest BCUT2D eigenvalue weighted by Gasteiger charge is -2.17. The van der Waals surface area contributed by atoms with Crippen molar-refractivity contribution in [3.05, 3.63) is 23.0 Å². The predicted molar refractivity (Wildman–Crippen MR) is 71.1 cm³/mol. The van der Waals surface area contributed by atoms with Gasteiger partial charge < -0.3 is 10.3 Å². The van der Waals surface area contributed by atoms with Gasteiger partial charge in [-0.05, 0) is 37.3 Å². The molecule has 1 aromatic heterocycles. The standard InChI is InChI=1S/C14H24N2O/c1-10-8-12(11(2)16-10)6-7-15-13(17)9-14(3,4)5/h8,16H,6-7,9H2,1-5H3,(H,15,17). The van der Waals surface area contributed by atoms with Crippen LogP contribution in [0.1, 0.15) is 44.1 Å². The SMILES string of the molecule is Cc1cc(CCNC(=O)CC(C)(C)C)c(C)[nH]1. The monoisotopic (exact) mass is 236 g/mol. The van der Waals surface area contributed by atoms with Crippen LogP contribution in [0, 0.1) is 19.3 Å². The molecule has 0 saturated carbocycles. The van der Waals surface area contributed by atoms with Crippen LogP contribution in [0.15, 0.2) is 6.07 Å². The maximum Gasteiger partial charge on any atom is 0.220 e. The van der Waals surface area contributed by atoms with Crippen molar-refractivity contribution in [2.75, 3.05) is 6.54 Å². The van der Waals surface area contributed by atoms with Crippen molar-refractivity contribution in [3.8, 4) is 0 Å². The summed E-state index contributed by atoms with van der Waals surface area (Å²) in [4.78, 5) is 14.9.